The van der Waals surface area contributed by atoms with Gasteiger partial charge in [-0.05, 0) is 24.1 Å². The highest BCUT2D eigenvalue weighted by atomic mass is 35.5. The molecule has 0 radical (unpaired) electrons. The number of H-pyrrole nitrogens is 1. The molecule has 0 spiro atoms. The number of aromatic amines is 1. The Hall–Kier alpha value is -1.13. The summed E-state index contributed by atoms with van der Waals surface area (Å²) in [4.78, 5) is 14.3. The number of carbonyl (C=O) groups excluding carboxylic acids is 1. The van der Waals surface area contributed by atoms with Crippen molar-refractivity contribution in [2.24, 2.45) is 0 Å². The van der Waals surface area contributed by atoms with E-state index >= 15 is 0 Å². The highest BCUT2D eigenvalue weighted by molar-refractivity contribution is 6.42. The molecule has 0 atom stereocenters. The Kier molecular flexibility index (Phi) is 2.44. The quantitative estimate of drug-likeness (QED) is 0.773. The van der Waals surface area contributed by atoms with Crippen LogP contribution in [0.25, 0.3) is 10.9 Å². The summed E-state index contributed by atoms with van der Waals surface area (Å²) in [6, 6.07) is 3.15. The van der Waals surface area contributed by atoms with Crippen molar-refractivity contribution in [2.45, 2.75) is 18.8 Å². The smallest absolute Gasteiger partial charge is 0.311 e. The van der Waals surface area contributed by atoms with E-state index in [9.17, 15) is 13.6 Å². The molecule has 0 amide bonds. The van der Waals surface area contributed by atoms with Crippen LogP contribution in [0, 0.1) is 0 Å². The minimum Gasteiger partial charge on any atom is -0.352 e. The van der Waals surface area contributed by atoms with Gasteiger partial charge in [0.15, 0.2) is 0 Å². The number of carbonyl (C=O) groups is 1. The molecule has 18 heavy (non-hydrogen) atoms. The van der Waals surface area contributed by atoms with E-state index in [1.54, 1.807) is 12.1 Å². The monoisotopic (exact) mass is 289 g/mol. The van der Waals surface area contributed by atoms with Crippen molar-refractivity contribution in [3.8, 4) is 0 Å². The topological polar surface area (TPSA) is 32.9 Å². The predicted molar refractivity (Wildman–Crippen MR) is 65.9 cm³/mol. The molecule has 1 aliphatic rings. The van der Waals surface area contributed by atoms with Gasteiger partial charge in [0.05, 0.1) is 15.7 Å². The van der Waals surface area contributed by atoms with Gasteiger partial charge in [0.2, 0.25) is 5.78 Å². The molecular weight excluding hydrogens is 283 g/mol. The standard InChI is InChI=1S/C12H7Cl2F2NO/c13-7-3-6-5-1-2-12(15,16)11(18)10(5)17-9(6)4-8(7)14/h3-4,17H,1-2H2. The minimum atomic E-state index is -3.29. The maximum atomic E-state index is 13.3. The molecule has 0 fully saturated rings. The zero-order valence-electron chi connectivity index (χ0n) is 8.99. The van der Waals surface area contributed by atoms with Gasteiger partial charge >= 0.3 is 5.92 Å². The van der Waals surface area contributed by atoms with Crippen LogP contribution in [0.15, 0.2) is 12.1 Å². The number of hydrogen-bond donors (Lipinski definition) is 1. The number of alkyl halides is 2. The third kappa shape index (κ3) is 1.56. The van der Waals surface area contributed by atoms with Crippen LogP contribution in [0.4, 0.5) is 8.78 Å². The third-order valence-corrected chi connectivity index (χ3v) is 3.92. The number of hydrogen-bond acceptors (Lipinski definition) is 1. The lowest BCUT2D eigenvalue weighted by Gasteiger charge is -2.20. The summed E-state index contributed by atoms with van der Waals surface area (Å²) in [6.07, 6.45) is -0.321. The number of benzene rings is 1. The number of aromatic nitrogens is 1. The molecule has 1 aromatic heterocycles. The number of rotatable bonds is 0. The average Bonchev–Trinajstić information content (AvgIpc) is 2.63. The Morgan fingerprint density at radius 2 is 1.89 bits per heavy atom. The molecule has 6 heteroatoms. The van der Waals surface area contributed by atoms with Crippen LogP contribution in [0.1, 0.15) is 22.5 Å². The van der Waals surface area contributed by atoms with E-state index in [0.717, 1.165) is 0 Å². The lowest BCUT2D eigenvalue weighted by Crippen LogP contribution is -2.34. The molecule has 2 nitrogen and oxygen atoms in total. The molecule has 0 aliphatic heterocycles. The molecule has 1 heterocycles. The first kappa shape index (κ1) is 11.9. The summed E-state index contributed by atoms with van der Waals surface area (Å²) >= 11 is 11.8. The Balaban J connectivity index is 2.30. The van der Waals surface area contributed by atoms with Crippen molar-refractivity contribution < 1.29 is 13.6 Å². The summed E-state index contributed by atoms with van der Waals surface area (Å²) in [5.74, 6) is -4.45. The van der Waals surface area contributed by atoms with Crippen LogP contribution in [-0.2, 0) is 6.42 Å². The number of nitrogens with one attached hydrogen (secondary N) is 1. The molecule has 0 saturated carbocycles. The molecule has 94 valence electrons. The van der Waals surface area contributed by atoms with Gasteiger partial charge in [0.1, 0.15) is 0 Å². The average molecular weight is 290 g/mol. The van der Waals surface area contributed by atoms with Gasteiger partial charge in [-0.2, -0.15) is 8.78 Å². The summed E-state index contributed by atoms with van der Waals surface area (Å²) in [5, 5.41) is 1.35. The van der Waals surface area contributed by atoms with Gasteiger partial charge in [-0.1, -0.05) is 23.2 Å². The van der Waals surface area contributed by atoms with Crippen LogP contribution in [0.2, 0.25) is 10.0 Å². The van der Waals surface area contributed by atoms with Crippen molar-refractivity contribution >= 4 is 39.9 Å². The summed E-state index contributed by atoms with van der Waals surface area (Å²) in [7, 11) is 0. The van der Waals surface area contributed by atoms with E-state index in [4.69, 9.17) is 23.2 Å². The third-order valence-electron chi connectivity index (χ3n) is 3.20. The van der Waals surface area contributed by atoms with Crippen molar-refractivity contribution in [1.29, 1.82) is 0 Å². The van der Waals surface area contributed by atoms with Crippen LogP contribution in [0.5, 0.6) is 0 Å². The molecule has 0 saturated heterocycles. The largest absolute Gasteiger partial charge is 0.352 e. The van der Waals surface area contributed by atoms with Crippen LogP contribution in [0.3, 0.4) is 0 Å². The van der Waals surface area contributed by atoms with E-state index in [0.29, 0.717) is 26.5 Å². The van der Waals surface area contributed by atoms with Crippen LogP contribution in [-0.4, -0.2) is 16.7 Å². The summed E-state index contributed by atoms with van der Waals surface area (Å²) in [5.41, 5.74) is 1.12. The zero-order valence-corrected chi connectivity index (χ0v) is 10.5. The molecule has 1 N–H and O–H groups in total. The first-order chi connectivity index (χ1) is 8.40. The number of fused-ring (bicyclic) bond motifs is 3. The van der Waals surface area contributed by atoms with Crippen molar-refractivity contribution in [2.75, 3.05) is 0 Å². The first-order valence-corrected chi connectivity index (χ1v) is 6.08. The van der Waals surface area contributed by atoms with E-state index in [1.807, 2.05) is 0 Å². The van der Waals surface area contributed by atoms with Gasteiger partial charge < -0.3 is 4.98 Å². The highest BCUT2D eigenvalue weighted by Gasteiger charge is 2.44. The van der Waals surface area contributed by atoms with Crippen LogP contribution >= 0.6 is 23.2 Å². The van der Waals surface area contributed by atoms with Gasteiger partial charge in [-0.25, -0.2) is 0 Å². The van der Waals surface area contributed by atoms with Gasteiger partial charge in [-0.15, -0.1) is 0 Å². The predicted octanol–water partition coefficient (Wildman–Crippen LogP) is 4.24. The number of halogens is 4. The van der Waals surface area contributed by atoms with Crippen molar-refractivity contribution in [3.63, 3.8) is 0 Å². The van der Waals surface area contributed by atoms with E-state index in [1.165, 1.54) is 0 Å². The Labute approximate surface area is 111 Å². The van der Waals surface area contributed by atoms with Crippen LogP contribution < -0.4 is 0 Å². The normalized spacial score (nSPS) is 18.1. The second-order valence-corrected chi connectivity index (χ2v) is 5.14. The summed E-state index contributed by atoms with van der Waals surface area (Å²) in [6.45, 7) is 0. The van der Waals surface area contributed by atoms with Gasteiger partial charge in [0, 0.05) is 17.3 Å². The molecule has 1 aromatic carbocycles. The lowest BCUT2D eigenvalue weighted by atomic mass is 9.92. The Bertz CT molecular complexity index is 678. The zero-order chi connectivity index (χ0) is 13.1. The van der Waals surface area contributed by atoms with E-state index in [2.05, 4.69) is 4.98 Å². The minimum absolute atomic E-state index is 0.0282. The summed E-state index contributed by atoms with van der Waals surface area (Å²) < 4.78 is 26.7. The Morgan fingerprint density at radius 1 is 1.22 bits per heavy atom. The molecule has 1 aliphatic carbocycles. The Morgan fingerprint density at radius 3 is 2.61 bits per heavy atom. The second kappa shape index (κ2) is 3.68. The molecular formula is C12H7Cl2F2NO. The molecule has 0 unspecified atom stereocenters. The maximum absolute atomic E-state index is 13.3. The lowest BCUT2D eigenvalue weighted by molar-refractivity contribution is 0.00168. The van der Waals surface area contributed by atoms with Crippen molar-refractivity contribution in [3.05, 3.63) is 33.4 Å². The maximum Gasteiger partial charge on any atom is 0.311 e. The number of aryl methyl sites for hydroxylation is 1. The van der Waals surface area contributed by atoms with Gasteiger partial charge in [-0.3, -0.25) is 4.79 Å². The van der Waals surface area contributed by atoms with E-state index < -0.39 is 18.1 Å². The SMILES string of the molecule is O=C1c2[nH]c3cc(Cl)c(Cl)cc3c2CCC1(F)F. The molecule has 3 rings (SSSR count). The van der Waals surface area contributed by atoms with Gasteiger partial charge in [0.25, 0.3) is 0 Å². The second-order valence-electron chi connectivity index (χ2n) is 4.32. The number of ketones is 1. The first-order valence-electron chi connectivity index (χ1n) is 5.32. The highest BCUT2D eigenvalue weighted by Crippen LogP contribution is 2.38. The van der Waals surface area contributed by atoms with Crippen molar-refractivity contribution in [1.82, 2.24) is 4.98 Å². The fourth-order valence-corrected chi connectivity index (χ4v) is 2.60. The fourth-order valence-electron chi connectivity index (χ4n) is 2.28. The number of Topliss-reactive ketones (excluding diaryl/α,β-unsaturated/α-hetero) is 1. The van der Waals surface area contributed by atoms with E-state index in [-0.39, 0.29) is 12.1 Å². The molecule has 0 bridgehead atoms. The molecule has 2 aromatic rings. The fraction of sp³-hybridized carbons (Fsp3) is 0.250.